The van der Waals surface area contributed by atoms with Crippen LogP contribution in [0.2, 0.25) is 0 Å². The molecule has 184 valence electrons. The van der Waals surface area contributed by atoms with E-state index in [-0.39, 0.29) is 6.10 Å². The molecule has 0 bridgehead atoms. The van der Waals surface area contributed by atoms with Crippen LogP contribution in [0.3, 0.4) is 0 Å². The van der Waals surface area contributed by atoms with Gasteiger partial charge in [0.25, 0.3) is 0 Å². The number of nitrogens with zero attached hydrogens (tertiary/aromatic N) is 3. The Morgan fingerprint density at radius 1 is 1.09 bits per heavy atom. The number of fused-ring (bicyclic) bond motifs is 1. The molecular weight excluding hydrogens is 456 g/mol. The van der Waals surface area contributed by atoms with Crippen molar-refractivity contribution in [1.29, 1.82) is 0 Å². The van der Waals surface area contributed by atoms with Crippen molar-refractivity contribution in [3.8, 4) is 28.5 Å². The molecule has 3 heterocycles. The lowest BCUT2D eigenvalue weighted by Crippen LogP contribution is -2.30. The van der Waals surface area contributed by atoms with Gasteiger partial charge in [-0.3, -0.25) is 0 Å². The van der Waals surface area contributed by atoms with Crippen molar-refractivity contribution in [3.63, 3.8) is 0 Å². The van der Waals surface area contributed by atoms with Crippen molar-refractivity contribution < 1.29 is 22.6 Å². The summed E-state index contributed by atoms with van der Waals surface area (Å²) in [6.45, 7) is 4.08. The Labute approximate surface area is 200 Å². The number of rotatable bonds is 6. The fraction of sp³-hybridized carbons (Fsp3) is 0.583. The number of ether oxygens (including phenoxy) is 3. The van der Waals surface area contributed by atoms with Crippen LogP contribution in [0.5, 0.6) is 17.4 Å². The number of sulfonamides is 1. The molecule has 2 aromatic rings. The van der Waals surface area contributed by atoms with Crippen LogP contribution in [0.25, 0.3) is 11.1 Å². The second kappa shape index (κ2) is 9.58. The Morgan fingerprint density at radius 3 is 2.59 bits per heavy atom. The molecule has 1 saturated heterocycles. The predicted molar refractivity (Wildman–Crippen MR) is 129 cm³/mol. The molecule has 0 amide bonds. The van der Waals surface area contributed by atoms with Gasteiger partial charge < -0.3 is 19.5 Å². The van der Waals surface area contributed by atoms with Crippen LogP contribution in [-0.2, 0) is 10.0 Å². The fourth-order valence-corrected chi connectivity index (χ4v) is 5.65. The molecule has 0 radical (unpaired) electrons. The molecule has 3 aliphatic rings. The summed E-state index contributed by atoms with van der Waals surface area (Å²) in [5.74, 6) is 3.13. The third kappa shape index (κ3) is 5.22. The predicted octanol–water partition coefficient (Wildman–Crippen LogP) is 3.32. The molecule has 1 aromatic heterocycles. The zero-order valence-corrected chi connectivity index (χ0v) is 20.5. The van der Waals surface area contributed by atoms with E-state index >= 15 is 0 Å². The average Bonchev–Trinajstić information content (AvgIpc) is 3.30. The highest BCUT2D eigenvalue weighted by Gasteiger charge is 2.31. The third-order valence-electron chi connectivity index (χ3n) is 6.81. The Balaban J connectivity index is 1.42. The smallest absolute Gasteiger partial charge is 0.226 e. The van der Waals surface area contributed by atoms with Crippen molar-refractivity contribution in [2.24, 2.45) is 5.92 Å². The minimum absolute atomic E-state index is 0.274. The molecule has 1 unspecified atom stereocenters. The summed E-state index contributed by atoms with van der Waals surface area (Å²) < 4.78 is 43.1. The zero-order valence-electron chi connectivity index (χ0n) is 19.7. The molecule has 1 aromatic carbocycles. The second-order valence-corrected chi connectivity index (χ2v) is 11.5. The SMILES string of the molecule is CC1CCC(Nc2ncc(-c3ccc4c(c3)OCCO4)c(OC3CCN(S(C)(=O)=O)C3)n2)CC1. The van der Waals surface area contributed by atoms with Crippen LogP contribution in [0.1, 0.15) is 39.0 Å². The van der Waals surface area contributed by atoms with Gasteiger partial charge in [0, 0.05) is 18.8 Å². The molecule has 10 heteroatoms. The third-order valence-corrected chi connectivity index (χ3v) is 8.08. The first-order valence-electron chi connectivity index (χ1n) is 12.0. The summed E-state index contributed by atoms with van der Waals surface area (Å²) >= 11 is 0. The van der Waals surface area contributed by atoms with Gasteiger partial charge in [0.05, 0.1) is 18.4 Å². The summed E-state index contributed by atoms with van der Waals surface area (Å²) in [5, 5.41) is 3.48. The van der Waals surface area contributed by atoms with Crippen molar-refractivity contribution in [2.75, 3.05) is 37.9 Å². The Bertz CT molecular complexity index is 1130. The molecule has 34 heavy (non-hydrogen) atoms. The van der Waals surface area contributed by atoms with Gasteiger partial charge in [0.15, 0.2) is 11.5 Å². The van der Waals surface area contributed by atoms with Gasteiger partial charge in [-0.1, -0.05) is 13.0 Å². The first-order chi connectivity index (χ1) is 16.3. The monoisotopic (exact) mass is 488 g/mol. The molecule has 1 aliphatic carbocycles. The highest BCUT2D eigenvalue weighted by Crippen LogP contribution is 2.38. The minimum atomic E-state index is -3.25. The van der Waals surface area contributed by atoms with Crippen LogP contribution >= 0.6 is 0 Å². The van der Waals surface area contributed by atoms with E-state index in [0.717, 1.165) is 29.9 Å². The van der Waals surface area contributed by atoms with Crippen molar-refractivity contribution in [2.45, 2.75) is 51.2 Å². The molecule has 2 fully saturated rings. The highest BCUT2D eigenvalue weighted by molar-refractivity contribution is 7.88. The molecule has 2 aliphatic heterocycles. The summed E-state index contributed by atoms with van der Waals surface area (Å²) in [4.78, 5) is 9.33. The number of anilines is 1. The number of nitrogens with one attached hydrogen (secondary N) is 1. The van der Waals surface area contributed by atoms with Gasteiger partial charge in [-0.2, -0.15) is 9.29 Å². The van der Waals surface area contributed by atoms with E-state index in [9.17, 15) is 8.42 Å². The Morgan fingerprint density at radius 2 is 1.85 bits per heavy atom. The normalized spacial score (nSPS) is 25.2. The number of hydrogen-bond donors (Lipinski definition) is 1. The Hall–Kier alpha value is -2.59. The van der Waals surface area contributed by atoms with Gasteiger partial charge >= 0.3 is 0 Å². The summed E-state index contributed by atoms with van der Waals surface area (Å²) in [6, 6.07) is 6.07. The van der Waals surface area contributed by atoms with E-state index in [1.54, 1.807) is 6.20 Å². The molecule has 0 spiro atoms. The average molecular weight is 489 g/mol. The molecule has 9 nitrogen and oxygen atoms in total. The standard InChI is InChI=1S/C24H32N4O5S/c1-16-3-6-18(7-4-16)26-24-25-14-20(17-5-8-21-22(13-17)32-12-11-31-21)23(27-24)33-19-9-10-28(15-19)34(2,29)30/h5,8,13-14,16,18-19H,3-4,6-7,9-12,15H2,1-2H3,(H,25,26,27). The number of aromatic nitrogens is 2. The van der Waals surface area contributed by atoms with E-state index in [4.69, 9.17) is 19.2 Å². The van der Waals surface area contributed by atoms with Crippen LogP contribution in [-0.4, -0.2) is 67.4 Å². The van der Waals surface area contributed by atoms with Gasteiger partial charge in [0.2, 0.25) is 21.9 Å². The van der Waals surface area contributed by atoms with Gasteiger partial charge in [-0.25, -0.2) is 13.4 Å². The van der Waals surface area contributed by atoms with E-state index in [1.807, 2.05) is 18.2 Å². The molecule has 1 saturated carbocycles. The largest absolute Gasteiger partial charge is 0.486 e. The van der Waals surface area contributed by atoms with Crippen LogP contribution in [0.4, 0.5) is 5.95 Å². The van der Waals surface area contributed by atoms with Crippen LogP contribution in [0, 0.1) is 5.92 Å². The Kier molecular flexibility index (Phi) is 6.52. The van der Waals surface area contributed by atoms with Crippen molar-refractivity contribution >= 4 is 16.0 Å². The van der Waals surface area contributed by atoms with Gasteiger partial charge in [-0.15, -0.1) is 0 Å². The van der Waals surface area contributed by atoms with E-state index in [0.29, 0.717) is 62.1 Å². The van der Waals surface area contributed by atoms with Crippen LogP contribution in [0.15, 0.2) is 24.4 Å². The quantitative estimate of drug-likeness (QED) is 0.661. The molecular formula is C24H32N4O5S. The number of benzene rings is 1. The van der Waals surface area contributed by atoms with Crippen molar-refractivity contribution in [3.05, 3.63) is 24.4 Å². The van der Waals surface area contributed by atoms with E-state index in [2.05, 4.69) is 17.2 Å². The fourth-order valence-electron chi connectivity index (χ4n) is 4.77. The van der Waals surface area contributed by atoms with Gasteiger partial charge in [-0.05, 0) is 55.7 Å². The molecule has 1 N–H and O–H groups in total. The van der Waals surface area contributed by atoms with Crippen LogP contribution < -0.4 is 19.5 Å². The van der Waals surface area contributed by atoms with Gasteiger partial charge in [0.1, 0.15) is 19.3 Å². The van der Waals surface area contributed by atoms with E-state index < -0.39 is 10.0 Å². The first kappa shape index (κ1) is 23.2. The summed E-state index contributed by atoms with van der Waals surface area (Å²) in [6.07, 6.45) is 7.91. The lowest BCUT2D eigenvalue weighted by atomic mass is 9.87. The molecule has 1 atom stereocenters. The second-order valence-electron chi connectivity index (χ2n) is 9.52. The number of hydrogen-bond acceptors (Lipinski definition) is 8. The lowest BCUT2D eigenvalue weighted by Gasteiger charge is -2.27. The highest BCUT2D eigenvalue weighted by atomic mass is 32.2. The zero-order chi connectivity index (χ0) is 23.7. The maximum Gasteiger partial charge on any atom is 0.226 e. The minimum Gasteiger partial charge on any atom is -0.486 e. The topological polar surface area (TPSA) is 103 Å². The lowest BCUT2D eigenvalue weighted by molar-refractivity contribution is 0.171. The molecule has 5 rings (SSSR count). The van der Waals surface area contributed by atoms with E-state index in [1.165, 1.54) is 23.4 Å². The summed E-state index contributed by atoms with van der Waals surface area (Å²) in [7, 11) is -3.25. The first-order valence-corrected chi connectivity index (χ1v) is 13.9. The maximum atomic E-state index is 12.0. The summed E-state index contributed by atoms with van der Waals surface area (Å²) in [5.41, 5.74) is 1.59. The maximum absolute atomic E-state index is 12.0. The van der Waals surface area contributed by atoms with Crippen molar-refractivity contribution in [1.82, 2.24) is 14.3 Å².